The summed E-state index contributed by atoms with van der Waals surface area (Å²) in [6, 6.07) is 14.6. The van der Waals surface area contributed by atoms with Gasteiger partial charge in [0.25, 0.3) is 0 Å². The third-order valence-electron chi connectivity index (χ3n) is 7.04. The molecule has 3 aromatic rings. The number of thiocarbonyl (C=S) groups is 1. The van der Waals surface area contributed by atoms with Gasteiger partial charge in [-0.05, 0) is 80.9 Å². The quantitative estimate of drug-likeness (QED) is 0.388. The molecule has 2 aliphatic rings. The maximum atomic E-state index is 6.62. The lowest BCUT2D eigenvalue weighted by molar-refractivity contribution is 0.197. The highest BCUT2D eigenvalue weighted by Gasteiger charge is 2.44. The van der Waals surface area contributed by atoms with Crippen LogP contribution in [0.3, 0.4) is 0 Å². The first kappa shape index (κ1) is 22.7. The molecular weight excluding hydrogens is 471 g/mol. The second-order valence-electron chi connectivity index (χ2n) is 9.08. The van der Waals surface area contributed by atoms with Crippen molar-refractivity contribution in [3.8, 4) is 5.69 Å². The predicted molar refractivity (Wildman–Crippen MR) is 139 cm³/mol. The lowest BCUT2D eigenvalue weighted by Gasteiger charge is -2.37. The number of aryl methyl sites for hydroxylation is 1. The van der Waals surface area contributed by atoms with Crippen LogP contribution in [0.2, 0.25) is 10.0 Å². The van der Waals surface area contributed by atoms with E-state index in [1.54, 1.807) is 6.07 Å². The van der Waals surface area contributed by atoms with Crippen molar-refractivity contribution in [1.29, 1.82) is 0 Å². The Kier molecular flexibility index (Phi) is 6.39. The van der Waals surface area contributed by atoms with Crippen LogP contribution >= 0.6 is 35.4 Å². The summed E-state index contributed by atoms with van der Waals surface area (Å²) in [5.41, 5.74) is 5.50. The lowest BCUT2D eigenvalue weighted by Crippen LogP contribution is -2.40. The van der Waals surface area contributed by atoms with Gasteiger partial charge in [-0.2, -0.15) is 0 Å². The van der Waals surface area contributed by atoms with Crippen molar-refractivity contribution in [1.82, 2.24) is 19.8 Å². The number of halogens is 2. The van der Waals surface area contributed by atoms with Crippen LogP contribution in [-0.2, 0) is 0 Å². The molecule has 1 saturated carbocycles. The molecule has 0 bridgehead atoms. The molecule has 3 heterocycles. The van der Waals surface area contributed by atoms with Crippen LogP contribution in [0, 0.1) is 13.8 Å². The van der Waals surface area contributed by atoms with Crippen LogP contribution < -0.4 is 5.32 Å². The molecule has 0 unspecified atom stereocenters. The molecule has 4 nitrogen and oxygen atoms in total. The molecule has 1 aromatic carbocycles. The molecule has 1 saturated heterocycles. The first-order valence-corrected chi connectivity index (χ1v) is 12.8. The number of pyridine rings is 1. The highest BCUT2D eigenvalue weighted by atomic mass is 35.5. The predicted octanol–water partition coefficient (Wildman–Crippen LogP) is 7.10. The van der Waals surface area contributed by atoms with Crippen molar-refractivity contribution in [2.75, 3.05) is 0 Å². The Labute approximate surface area is 210 Å². The molecular formula is C26H28Cl2N4S. The molecule has 1 aliphatic heterocycles. The Balaban J connectivity index is 1.64. The monoisotopic (exact) mass is 498 g/mol. The van der Waals surface area contributed by atoms with Gasteiger partial charge in [0.15, 0.2) is 5.11 Å². The van der Waals surface area contributed by atoms with E-state index >= 15 is 0 Å². The maximum Gasteiger partial charge on any atom is 0.170 e. The van der Waals surface area contributed by atoms with Crippen LogP contribution in [0.1, 0.15) is 66.8 Å². The standard InChI is InChI=1S/C26H28Cl2N4S/c1-16-14-20(17(2)31(16)23-12-11-18(27)15-21(23)28)25-24(22-10-6-7-13-29-22)30-26(33)32(25)19-8-4-3-5-9-19/h6-7,10-15,19,24-25H,3-5,8-9H2,1-2H3,(H,30,33)/t24-,25-/m1/s1. The van der Waals surface area contributed by atoms with E-state index in [0.29, 0.717) is 16.1 Å². The molecule has 7 heteroatoms. The van der Waals surface area contributed by atoms with Gasteiger partial charge < -0.3 is 14.8 Å². The first-order chi connectivity index (χ1) is 16.0. The molecule has 2 fully saturated rings. The molecule has 5 rings (SSSR count). The van der Waals surface area contributed by atoms with Gasteiger partial charge in [0, 0.05) is 28.6 Å². The summed E-state index contributed by atoms with van der Waals surface area (Å²) in [5, 5.41) is 5.73. The fourth-order valence-corrected chi connectivity index (χ4v) is 6.45. The summed E-state index contributed by atoms with van der Waals surface area (Å²) in [5.74, 6) is 0. The van der Waals surface area contributed by atoms with Crippen LogP contribution in [0.5, 0.6) is 0 Å². The van der Waals surface area contributed by atoms with Crippen molar-refractivity contribution < 1.29 is 0 Å². The zero-order valence-electron chi connectivity index (χ0n) is 18.9. The second kappa shape index (κ2) is 9.28. The topological polar surface area (TPSA) is 33.1 Å². The highest BCUT2D eigenvalue weighted by Crippen LogP contribution is 2.44. The van der Waals surface area contributed by atoms with Crippen molar-refractivity contribution in [2.24, 2.45) is 0 Å². The van der Waals surface area contributed by atoms with Crippen molar-refractivity contribution in [3.05, 3.63) is 81.4 Å². The largest absolute Gasteiger partial charge is 0.352 e. The number of nitrogens with zero attached hydrogens (tertiary/aromatic N) is 3. The van der Waals surface area contributed by atoms with Crippen molar-refractivity contribution in [3.63, 3.8) is 0 Å². The van der Waals surface area contributed by atoms with Crippen LogP contribution in [0.4, 0.5) is 0 Å². The Morgan fingerprint density at radius 2 is 1.82 bits per heavy atom. The van der Waals surface area contributed by atoms with Gasteiger partial charge in [-0.15, -0.1) is 0 Å². The third kappa shape index (κ3) is 4.16. The van der Waals surface area contributed by atoms with E-state index < -0.39 is 0 Å². The van der Waals surface area contributed by atoms with E-state index in [2.05, 4.69) is 40.8 Å². The minimum absolute atomic E-state index is 0.00438. The zero-order chi connectivity index (χ0) is 23.1. The Hall–Kier alpha value is -2.08. The molecule has 0 radical (unpaired) electrons. The average molecular weight is 500 g/mol. The molecule has 0 amide bonds. The SMILES string of the molecule is Cc1cc([C@@H]2[C@@H](c3ccccn3)NC(=S)N2C2CCCCC2)c(C)n1-c1ccc(Cl)cc1Cl. The molecule has 33 heavy (non-hydrogen) atoms. The van der Waals surface area contributed by atoms with Gasteiger partial charge >= 0.3 is 0 Å². The number of rotatable bonds is 4. The van der Waals surface area contributed by atoms with E-state index in [4.69, 9.17) is 40.4 Å². The summed E-state index contributed by atoms with van der Waals surface area (Å²) in [4.78, 5) is 7.16. The van der Waals surface area contributed by atoms with E-state index in [9.17, 15) is 0 Å². The van der Waals surface area contributed by atoms with E-state index in [-0.39, 0.29) is 12.1 Å². The second-order valence-corrected chi connectivity index (χ2v) is 10.3. The summed E-state index contributed by atoms with van der Waals surface area (Å²) in [6.07, 6.45) is 8.03. The van der Waals surface area contributed by atoms with Gasteiger partial charge in [0.1, 0.15) is 0 Å². The van der Waals surface area contributed by atoms with Crippen LogP contribution in [-0.4, -0.2) is 25.6 Å². The normalized spacial score (nSPS) is 21.5. The molecule has 172 valence electrons. The minimum Gasteiger partial charge on any atom is -0.352 e. The minimum atomic E-state index is -0.00438. The van der Waals surface area contributed by atoms with Crippen LogP contribution in [0.25, 0.3) is 5.69 Å². The third-order valence-corrected chi connectivity index (χ3v) is 7.91. The fourth-order valence-electron chi connectivity index (χ4n) is 5.57. The van der Waals surface area contributed by atoms with Gasteiger partial charge in [-0.1, -0.05) is 48.5 Å². The number of benzene rings is 1. The number of hydrogen-bond donors (Lipinski definition) is 1. The Morgan fingerprint density at radius 1 is 1.03 bits per heavy atom. The van der Waals surface area contributed by atoms with E-state index in [0.717, 1.165) is 27.9 Å². The molecule has 2 atom stereocenters. The van der Waals surface area contributed by atoms with Gasteiger partial charge in [-0.3, -0.25) is 4.98 Å². The Morgan fingerprint density at radius 3 is 2.52 bits per heavy atom. The van der Waals surface area contributed by atoms with Gasteiger partial charge in [0.2, 0.25) is 0 Å². The molecule has 1 N–H and O–H groups in total. The first-order valence-electron chi connectivity index (χ1n) is 11.6. The van der Waals surface area contributed by atoms with E-state index in [1.807, 2.05) is 30.5 Å². The molecule has 2 aromatic heterocycles. The lowest BCUT2D eigenvalue weighted by atomic mass is 9.90. The van der Waals surface area contributed by atoms with E-state index in [1.165, 1.54) is 37.7 Å². The van der Waals surface area contributed by atoms with Crippen LogP contribution in [0.15, 0.2) is 48.7 Å². The average Bonchev–Trinajstić information content (AvgIpc) is 3.31. The zero-order valence-corrected chi connectivity index (χ0v) is 21.2. The summed E-state index contributed by atoms with van der Waals surface area (Å²) < 4.78 is 2.23. The molecule has 1 aliphatic carbocycles. The number of nitrogens with one attached hydrogen (secondary N) is 1. The molecule has 0 spiro atoms. The fraction of sp³-hybridized carbons (Fsp3) is 0.385. The summed E-state index contributed by atoms with van der Waals surface area (Å²) >= 11 is 18.7. The smallest absolute Gasteiger partial charge is 0.170 e. The highest BCUT2D eigenvalue weighted by molar-refractivity contribution is 7.80. The summed E-state index contributed by atoms with van der Waals surface area (Å²) in [7, 11) is 0. The van der Waals surface area contributed by atoms with Gasteiger partial charge in [0.05, 0.1) is 28.5 Å². The van der Waals surface area contributed by atoms with Crippen molar-refractivity contribution in [2.45, 2.75) is 64.1 Å². The van der Waals surface area contributed by atoms with Gasteiger partial charge in [-0.25, -0.2) is 0 Å². The number of aromatic nitrogens is 2. The van der Waals surface area contributed by atoms with Crippen molar-refractivity contribution >= 4 is 40.5 Å². The Bertz CT molecular complexity index is 1170. The number of hydrogen-bond acceptors (Lipinski definition) is 2. The summed E-state index contributed by atoms with van der Waals surface area (Å²) in [6.45, 7) is 4.30. The maximum absolute atomic E-state index is 6.62.